The molecule has 0 radical (unpaired) electrons. The maximum absolute atomic E-state index is 5.46. The molecule has 6 heteroatoms. The lowest BCUT2D eigenvalue weighted by molar-refractivity contribution is -0.0215. The van der Waals surface area contributed by atoms with E-state index in [1.165, 1.54) is 0 Å². The molecule has 0 aromatic heterocycles. The Bertz CT molecular complexity index is 212. The molecule has 0 aromatic rings. The number of ether oxygens (including phenoxy) is 6. The largest absolute Gasteiger partial charge is 0.379 e. The zero-order valence-corrected chi connectivity index (χ0v) is 16.1. The van der Waals surface area contributed by atoms with E-state index >= 15 is 0 Å². The van der Waals surface area contributed by atoms with Crippen LogP contribution in [0.25, 0.3) is 0 Å². The summed E-state index contributed by atoms with van der Waals surface area (Å²) in [5.74, 6) is 0.687. The van der Waals surface area contributed by atoms with Gasteiger partial charge in [0.25, 0.3) is 0 Å². The molecule has 0 saturated carbocycles. The van der Waals surface area contributed by atoms with Gasteiger partial charge in [-0.25, -0.2) is 0 Å². The lowest BCUT2D eigenvalue weighted by atomic mass is 10.1. The zero-order valence-electron chi connectivity index (χ0n) is 16.1. The number of hydrogen-bond donors (Lipinski definition) is 0. The van der Waals surface area contributed by atoms with Crippen LogP contribution in [0, 0.1) is 5.92 Å². The van der Waals surface area contributed by atoms with Crippen molar-refractivity contribution in [3.05, 3.63) is 0 Å². The molecule has 24 heavy (non-hydrogen) atoms. The van der Waals surface area contributed by atoms with E-state index < -0.39 is 0 Å². The molecule has 0 atom stereocenters. The SMILES string of the molecule is CC(C)CCOCCOCCOCCOCCOCCOC(C)C. The van der Waals surface area contributed by atoms with Crippen LogP contribution in [0.2, 0.25) is 0 Å². The Morgan fingerprint density at radius 1 is 0.458 bits per heavy atom. The van der Waals surface area contributed by atoms with Gasteiger partial charge in [-0.2, -0.15) is 0 Å². The predicted octanol–water partition coefficient (Wildman–Crippen LogP) is 2.54. The fourth-order valence-electron chi connectivity index (χ4n) is 1.64. The van der Waals surface area contributed by atoms with Crippen LogP contribution in [0.4, 0.5) is 0 Å². The highest BCUT2D eigenvalue weighted by Gasteiger charge is 1.96. The topological polar surface area (TPSA) is 55.4 Å². The van der Waals surface area contributed by atoms with Crippen molar-refractivity contribution in [3.63, 3.8) is 0 Å². The van der Waals surface area contributed by atoms with Gasteiger partial charge in [-0.3, -0.25) is 0 Å². The Kier molecular flexibility index (Phi) is 18.9. The molecule has 0 spiro atoms. The normalized spacial score (nSPS) is 11.8. The van der Waals surface area contributed by atoms with Gasteiger partial charge in [-0.05, 0) is 26.2 Å². The van der Waals surface area contributed by atoms with Crippen LogP contribution in [0.1, 0.15) is 34.1 Å². The molecule has 0 rings (SSSR count). The van der Waals surface area contributed by atoms with Gasteiger partial charge >= 0.3 is 0 Å². The van der Waals surface area contributed by atoms with E-state index in [-0.39, 0.29) is 6.10 Å². The third-order valence-corrected chi connectivity index (χ3v) is 3.01. The molecule has 0 aliphatic heterocycles. The van der Waals surface area contributed by atoms with Crippen LogP contribution in [0.15, 0.2) is 0 Å². The molecule has 0 saturated heterocycles. The minimum absolute atomic E-state index is 0.253. The summed E-state index contributed by atoms with van der Waals surface area (Å²) in [4.78, 5) is 0. The number of rotatable bonds is 19. The first-order chi connectivity index (χ1) is 11.6. The summed E-state index contributed by atoms with van der Waals surface area (Å²) in [5.41, 5.74) is 0. The molecular formula is C18H38O6. The second kappa shape index (κ2) is 19.1. The summed E-state index contributed by atoms with van der Waals surface area (Å²) in [6, 6.07) is 0. The molecule has 0 unspecified atom stereocenters. The molecule has 146 valence electrons. The summed E-state index contributed by atoms with van der Waals surface area (Å²) in [7, 11) is 0. The van der Waals surface area contributed by atoms with Gasteiger partial charge in [0, 0.05) is 6.61 Å². The van der Waals surface area contributed by atoms with Crippen molar-refractivity contribution in [1.29, 1.82) is 0 Å². The van der Waals surface area contributed by atoms with E-state index in [9.17, 15) is 0 Å². The second-order valence-electron chi connectivity index (χ2n) is 6.16. The lowest BCUT2D eigenvalue weighted by Crippen LogP contribution is -2.14. The minimum Gasteiger partial charge on any atom is -0.379 e. The highest BCUT2D eigenvalue weighted by Crippen LogP contribution is 1.98. The molecule has 0 bridgehead atoms. The van der Waals surface area contributed by atoms with Gasteiger partial charge in [-0.1, -0.05) is 13.8 Å². The van der Waals surface area contributed by atoms with E-state index in [1.54, 1.807) is 0 Å². The van der Waals surface area contributed by atoms with E-state index in [4.69, 9.17) is 28.4 Å². The monoisotopic (exact) mass is 350 g/mol. The quantitative estimate of drug-likeness (QED) is 0.334. The van der Waals surface area contributed by atoms with E-state index in [1.807, 2.05) is 13.8 Å². The Morgan fingerprint density at radius 2 is 0.792 bits per heavy atom. The second-order valence-corrected chi connectivity index (χ2v) is 6.16. The lowest BCUT2D eigenvalue weighted by Gasteiger charge is -2.09. The average molecular weight is 350 g/mol. The van der Waals surface area contributed by atoms with Gasteiger partial charge in [0.2, 0.25) is 0 Å². The Morgan fingerprint density at radius 3 is 1.12 bits per heavy atom. The first-order valence-corrected chi connectivity index (χ1v) is 9.13. The van der Waals surface area contributed by atoms with Gasteiger partial charge < -0.3 is 28.4 Å². The van der Waals surface area contributed by atoms with Crippen LogP contribution < -0.4 is 0 Å². The van der Waals surface area contributed by atoms with Crippen molar-refractivity contribution in [2.45, 2.75) is 40.2 Å². The van der Waals surface area contributed by atoms with Gasteiger partial charge in [-0.15, -0.1) is 0 Å². The minimum atomic E-state index is 0.253. The molecule has 0 aromatic carbocycles. The molecule has 0 amide bonds. The summed E-state index contributed by atoms with van der Waals surface area (Å²) in [6.07, 6.45) is 1.35. The van der Waals surface area contributed by atoms with Crippen molar-refractivity contribution in [1.82, 2.24) is 0 Å². The van der Waals surface area contributed by atoms with Crippen molar-refractivity contribution >= 4 is 0 Å². The zero-order chi connectivity index (χ0) is 17.9. The highest BCUT2D eigenvalue weighted by molar-refractivity contribution is 4.42. The van der Waals surface area contributed by atoms with Crippen LogP contribution in [-0.2, 0) is 28.4 Å². The molecule has 6 nitrogen and oxygen atoms in total. The smallest absolute Gasteiger partial charge is 0.0703 e. The fraction of sp³-hybridized carbons (Fsp3) is 1.00. The molecular weight excluding hydrogens is 312 g/mol. The summed E-state index contributed by atoms with van der Waals surface area (Å²) in [5, 5.41) is 0. The van der Waals surface area contributed by atoms with Gasteiger partial charge in [0.15, 0.2) is 0 Å². The molecule has 0 heterocycles. The fourth-order valence-corrected chi connectivity index (χ4v) is 1.64. The van der Waals surface area contributed by atoms with E-state index in [2.05, 4.69) is 13.8 Å². The summed E-state index contributed by atoms with van der Waals surface area (Å²) < 4.78 is 32.4. The Hall–Kier alpha value is -0.240. The van der Waals surface area contributed by atoms with Crippen LogP contribution in [0.3, 0.4) is 0 Å². The van der Waals surface area contributed by atoms with Gasteiger partial charge in [0.1, 0.15) is 0 Å². The van der Waals surface area contributed by atoms with Crippen LogP contribution >= 0.6 is 0 Å². The maximum Gasteiger partial charge on any atom is 0.0703 e. The van der Waals surface area contributed by atoms with E-state index in [0.29, 0.717) is 72.0 Å². The molecule has 0 N–H and O–H groups in total. The third kappa shape index (κ3) is 21.8. The number of hydrogen-bond acceptors (Lipinski definition) is 6. The van der Waals surface area contributed by atoms with Crippen LogP contribution in [-0.4, -0.2) is 78.8 Å². The Labute approximate surface area is 148 Å². The standard InChI is InChI=1S/C18H38O6/c1-17(2)5-6-19-7-8-20-9-10-21-11-12-22-13-14-23-15-16-24-18(3)4/h17-18H,5-16H2,1-4H3. The van der Waals surface area contributed by atoms with E-state index in [0.717, 1.165) is 13.0 Å². The molecule has 0 fully saturated rings. The van der Waals surface area contributed by atoms with Crippen LogP contribution in [0.5, 0.6) is 0 Å². The van der Waals surface area contributed by atoms with Crippen molar-refractivity contribution in [2.75, 3.05) is 72.7 Å². The summed E-state index contributed by atoms with van der Waals surface area (Å²) >= 11 is 0. The first kappa shape index (κ1) is 23.8. The predicted molar refractivity (Wildman–Crippen MR) is 94.6 cm³/mol. The highest BCUT2D eigenvalue weighted by atomic mass is 16.6. The Balaban J connectivity index is 2.98. The average Bonchev–Trinajstić information content (AvgIpc) is 2.53. The summed E-state index contributed by atoms with van der Waals surface area (Å²) in [6.45, 7) is 15.2. The third-order valence-electron chi connectivity index (χ3n) is 3.01. The molecule has 0 aliphatic rings. The van der Waals surface area contributed by atoms with Gasteiger partial charge in [0.05, 0.1) is 72.2 Å². The first-order valence-electron chi connectivity index (χ1n) is 9.13. The van der Waals surface area contributed by atoms with Crippen molar-refractivity contribution in [3.8, 4) is 0 Å². The molecule has 0 aliphatic carbocycles. The van der Waals surface area contributed by atoms with Crippen molar-refractivity contribution < 1.29 is 28.4 Å². The maximum atomic E-state index is 5.46. The van der Waals surface area contributed by atoms with Crippen molar-refractivity contribution in [2.24, 2.45) is 5.92 Å².